The van der Waals surface area contributed by atoms with E-state index in [0.717, 1.165) is 52.3 Å². The fourth-order valence-corrected chi connectivity index (χ4v) is 8.15. The summed E-state index contributed by atoms with van der Waals surface area (Å²) in [6, 6.07) is 47.7. The zero-order chi connectivity index (χ0) is 32.2. The summed E-state index contributed by atoms with van der Waals surface area (Å²) >= 11 is 0. The van der Waals surface area contributed by atoms with E-state index < -0.39 is 0 Å². The molecule has 8 aromatic rings. The Morgan fingerprint density at radius 2 is 1.25 bits per heavy atom. The lowest BCUT2D eigenvalue weighted by atomic mass is 9.79. The van der Waals surface area contributed by atoms with Crippen LogP contribution < -0.4 is 0 Å². The minimum Gasteiger partial charge on any atom is -0.508 e. The summed E-state index contributed by atoms with van der Waals surface area (Å²) in [6.07, 6.45) is 7.62. The van der Waals surface area contributed by atoms with Crippen LogP contribution in [-0.4, -0.2) is 5.11 Å². The van der Waals surface area contributed by atoms with Crippen molar-refractivity contribution in [3.05, 3.63) is 162 Å². The van der Waals surface area contributed by atoms with Gasteiger partial charge in [-0.05, 0) is 104 Å². The molecule has 0 aliphatic heterocycles. The lowest BCUT2D eigenvalue weighted by Crippen LogP contribution is -2.11. The number of benzene rings is 7. The second-order valence-corrected chi connectivity index (χ2v) is 13.4. The van der Waals surface area contributed by atoms with Crippen molar-refractivity contribution >= 4 is 43.5 Å². The molecule has 1 aromatic heterocycles. The zero-order valence-corrected chi connectivity index (χ0v) is 27.0. The third-order valence-electron chi connectivity index (χ3n) is 10.4. The Morgan fingerprint density at radius 1 is 0.604 bits per heavy atom. The van der Waals surface area contributed by atoms with Crippen LogP contribution in [0.2, 0.25) is 0 Å². The predicted octanol–water partition coefficient (Wildman–Crippen LogP) is 12.6. The van der Waals surface area contributed by atoms with Crippen LogP contribution in [-0.2, 0) is 6.42 Å². The van der Waals surface area contributed by atoms with E-state index >= 15 is 0 Å². The van der Waals surface area contributed by atoms with Crippen LogP contribution in [0.25, 0.3) is 65.7 Å². The van der Waals surface area contributed by atoms with Gasteiger partial charge in [-0.25, -0.2) is 0 Å². The molecule has 2 nitrogen and oxygen atoms in total. The summed E-state index contributed by atoms with van der Waals surface area (Å²) < 4.78 is 6.58. The molecule has 1 heterocycles. The molecule has 2 unspecified atom stereocenters. The van der Waals surface area contributed by atoms with Gasteiger partial charge in [0.2, 0.25) is 0 Å². The highest BCUT2D eigenvalue weighted by Crippen LogP contribution is 2.47. The quantitative estimate of drug-likeness (QED) is 0.153. The fraction of sp³-hybridized carbons (Fsp3) is 0.130. The molecule has 0 bridgehead atoms. The van der Waals surface area contributed by atoms with E-state index in [0.29, 0.717) is 11.7 Å². The molecular weight excluding hydrogens is 585 g/mol. The van der Waals surface area contributed by atoms with Crippen molar-refractivity contribution in [1.29, 1.82) is 0 Å². The van der Waals surface area contributed by atoms with Crippen LogP contribution in [0, 0.1) is 5.92 Å². The van der Waals surface area contributed by atoms with Gasteiger partial charge in [-0.1, -0.05) is 128 Å². The summed E-state index contributed by atoms with van der Waals surface area (Å²) in [7, 11) is 0. The second kappa shape index (κ2) is 11.6. The monoisotopic (exact) mass is 620 g/mol. The number of fused-ring (bicyclic) bond motifs is 5. The molecule has 9 rings (SSSR count). The Balaban J connectivity index is 1.24. The van der Waals surface area contributed by atoms with Gasteiger partial charge >= 0.3 is 0 Å². The molecule has 2 atom stereocenters. The van der Waals surface area contributed by atoms with Crippen molar-refractivity contribution in [2.75, 3.05) is 0 Å². The summed E-state index contributed by atoms with van der Waals surface area (Å²) in [5.41, 5.74) is 10.1. The average molecular weight is 621 g/mol. The lowest BCUT2D eigenvalue weighted by molar-refractivity contribution is 0.432. The van der Waals surface area contributed by atoms with Gasteiger partial charge in [-0.3, -0.25) is 0 Å². The first-order valence-corrected chi connectivity index (χ1v) is 17.1. The van der Waals surface area contributed by atoms with Gasteiger partial charge in [-0.15, -0.1) is 0 Å². The average Bonchev–Trinajstić information content (AvgIpc) is 3.49. The second-order valence-electron chi connectivity index (χ2n) is 13.4. The Hall–Kier alpha value is -5.60. The molecule has 7 aromatic carbocycles. The van der Waals surface area contributed by atoms with E-state index in [9.17, 15) is 5.11 Å². The first-order chi connectivity index (χ1) is 23.6. The summed E-state index contributed by atoms with van der Waals surface area (Å²) in [5, 5.41) is 18.1. The Bertz CT molecular complexity index is 2460. The van der Waals surface area contributed by atoms with Gasteiger partial charge in [0.1, 0.15) is 16.9 Å². The first-order valence-electron chi connectivity index (χ1n) is 17.1. The molecule has 1 aliphatic carbocycles. The van der Waals surface area contributed by atoms with Crippen LogP contribution >= 0.6 is 0 Å². The molecule has 2 heteroatoms. The van der Waals surface area contributed by atoms with Crippen LogP contribution in [0.1, 0.15) is 42.4 Å². The summed E-state index contributed by atoms with van der Waals surface area (Å²) in [4.78, 5) is 0. The molecule has 0 spiro atoms. The van der Waals surface area contributed by atoms with Crippen molar-refractivity contribution in [3.8, 4) is 28.0 Å². The number of allylic oxidation sites excluding steroid dienone is 2. The number of hydrogen-bond acceptors (Lipinski definition) is 2. The molecule has 0 amide bonds. The Labute approximate surface area is 280 Å². The molecule has 232 valence electrons. The largest absolute Gasteiger partial charge is 0.508 e. The Morgan fingerprint density at radius 3 is 1.94 bits per heavy atom. The highest BCUT2D eigenvalue weighted by molar-refractivity contribution is 6.22. The van der Waals surface area contributed by atoms with Crippen LogP contribution in [0.5, 0.6) is 5.75 Å². The minimum atomic E-state index is 0.162. The van der Waals surface area contributed by atoms with Crippen molar-refractivity contribution in [3.63, 3.8) is 0 Å². The number of phenolic OH excluding ortho intramolecular Hbond substituents is 1. The Kier molecular flexibility index (Phi) is 6.90. The third-order valence-corrected chi connectivity index (χ3v) is 10.4. The topological polar surface area (TPSA) is 33.4 Å². The van der Waals surface area contributed by atoms with Gasteiger partial charge in [0.05, 0.1) is 0 Å². The standard InChI is InChI=1S/C46H36O2/c1-29-12-5-6-17-34(29)45-40(47)24-25-41-46(45)39-23-22-33(28-42(39)48-41)44-37-20-9-7-18-35(37)43(36-19-8-10-21-38(36)44)32-16-11-15-31(27-32)26-30-13-3-2-4-14-30/h2-4,6-11,13-25,27-29,34,47H,5,12,26H2,1H3. The highest BCUT2D eigenvalue weighted by Gasteiger charge is 2.27. The number of hydrogen-bond donors (Lipinski definition) is 1. The van der Waals surface area contributed by atoms with Crippen LogP contribution in [0.15, 0.2) is 150 Å². The van der Waals surface area contributed by atoms with Crippen molar-refractivity contribution in [2.24, 2.45) is 5.92 Å². The van der Waals surface area contributed by atoms with Gasteiger partial charge in [0, 0.05) is 22.3 Å². The van der Waals surface area contributed by atoms with Crippen molar-refractivity contribution in [1.82, 2.24) is 0 Å². The van der Waals surface area contributed by atoms with Crippen molar-refractivity contribution < 1.29 is 9.52 Å². The normalized spacial score (nSPS) is 16.4. The molecule has 1 aliphatic rings. The highest BCUT2D eigenvalue weighted by atomic mass is 16.3. The van der Waals surface area contributed by atoms with Crippen LogP contribution in [0.4, 0.5) is 0 Å². The molecule has 1 N–H and O–H groups in total. The first kappa shape index (κ1) is 28.6. The molecule has 0 fully saturated rings. The number of furan rings is 1. The smallest absolute Gasteiger partial charge is 0.136 e. The maximum absolute atomic E-state index is 11.2. The molecule has 0 saturated carbocycles. The maximum atomic E-state index is 11.2. The van der Waals surface area contributed by atoms with E-state index in [1.165, 1.54) is 49.4 Å². The van der Waals surface area contributed by atoms with Gasteiger partial charge in [0.25, 0.3) is 0 Å². The number of phenols is 1. The minimum absolute atomic E-state index is 0.162. The van der Waals surface area contributed by atoms with E-state index in [4.69, 9.17) is 4.42 Å². The van der Waals surface area contributed by atoms with E-state index in [1.807, 2.05) is 6.07 Å². The lowest BCUT2D eigenvalue weighted by Gasteiger charge is -2.25. The maximum Gasteiger partial charge on any atom is 0.136 e. The molecular formula is C46H36O2. The van der Waals surface area contributed by atoms with E-state index in [-0.39, 0.29) is 5.92 Å². The number of rotatable bonds is 5. The summed E-state index contributed by atoms with van der Waals surface area (Å²) in [5.74, 6) is 0.957. The SMILES string of the molecule is CC1CCC=CC1c1c(O)ccc2oc3cc(-c4c5ccccc5c(-c5cccc(Cc6ccccc6)c5)c5ccccc45)ccc3c12. The molecule has 0 saturated heterocycles. The van der Waals surface area contributed by atoms with Gasteiger partial charge in [0.15, 0.2) is 0 Å². The zero-order valence-electron chi connectivity index (χ0n) is 27.0. The van der Waals surface area contributed by atoms with E-state index in [2.05, 4.69) is 140 Å². The van der Waals surface area contributed by atoms with Crippen molar-refractivity contribution in [2.45, 2.75) is 32.1 Å². The third kappa shape index (κ3) is 4.71. The molecule has 0 radical (unpaired) electrons. The van der Waals surface area contributed by atoms with Gasteiger partial charge in [-0.2, -0.15) is 0 Å². The van der Waals surface area contributed by atoms with Gasteiger partial charge < -0.3 is 9.52 Å². The summed E-state index contributed by atoms with van der Waals surface area (Å²) in [6.45, 7) is 2.28. The fourth-order valence-electron chi connectivity index (χ4n) is 8.15. The predicted molar refractivity (Wildman–Crippen MR) is 201 cm³/mol. The van der Waals surface area contributed by atoms with E-state index in [1.54, 1.807) is 6.07 Å². The van der Waals surface area contributed by atoms with Crippen LogP contribution in [0.3, 0.4) is 0 Å². The number of aromatic hydroxyl groups is 1. The molecule has 48 heavy (non-hydrogen) atoms.